The molecule has 0 unspecified atom stereocenters. The molecule has 1 aliphatic rings. The van der Waals surface area contributed by atoms with E-state index in [0.29, 0.717) is 23.7 Å². The molecule has 1 fully saturated rings. The van der Waals surface area contributed by atoms with Gasteiger partial charge in [0, 0.05) is 43.9 Å². The van der Waals surface area contributed by atoms with Crippen molar-refractivity contribution in [3.8, 4) is 5.75 Å². The van der Waals surface area contributed by atoms with Crippen LogP contribution in [-0.2, 0) is 33.7 Å². The monoisotopic (exact) mass is 618 g/mol. The summed E-state index contributed by atoms with van der Waals surface area (Å²) in [4.78, 5) is 21.7. The quantitative estimate of drug-likeness (QED) is 0.139. The zero-order chi connectivity index (χ0) is 30.8. The van der Waals surface area contributed by atoms with Gasteiger partial charge in [-0.25, -0.2) is 14.1 Å². The number of hydrogen-bond donors (Lipinski definition) is 0. The molecule has 228 valence electrons. The van der Waals surface area contributed by atoms with Gasteiger partial charge in [-0.3, -0.25) is 14.0 Å². The molecular formula is C31H31FN6O5S. The Balaban J connectivity index is 1.14. The van der Waals surface area contributed by atoms with Gasteiger partial charge in [0.05, 0.1) is 42.7 Å². The number of ether oxygens (including phenoxy) is 1. The zero-order valence-corrected chi connectivity index (χ0v) is 25.1. The van der Waals surface area contributed by atoms with E-state index in [1.54, 1.807) is 18.3 Å². The zero-order valence-electron chi connectivity index (χ0n) is 24.3. The van der Waals surface area contributed by atoms with Crippen molar-refractivity contribution in [3.05, 3.63) is 101 Å². The summed E-state index contributed by atoms with van der Waals surface area (Å²) in [6.45, 7) is 2.14. The third-order valence-corrected chi connectivity index (χ3v) is 8.88. The first-order chi connectivity index (χ1) is 21.2. The number of methoxy groups -OCH3 is 1. The van der Waals surface area contributed by atoms with Crippen LogP contribution in [0.4, 0.5) is 4.39 Å². The van der Waals surface area contributed by atoms with Crippen LogP contribution in [0.15, 0.2) is 66.1 Å². The van der Waals surface area contributed by atoms with Gasteiger partial charge in [-0.1, -0.05) is 29.0 Å². The van der Waals surface area contributed by atoms with Gasteiger partial charge >= 0.3 is 0 Å². The molecule has 4 heterocycles. The minimum Gasteiger partial charge on any atom is -0.494 e. The number of benzene rings is 1. The van der Waals surface area contributed by atoms with Gasteiger partial charge in [-0.05, 0) is 48.9 Å². The number of carbonyl (C=O) groups excluding carboxylic acids is 1. The van der Waals surface area contributed by atoms with Crippen LogP contribution >= 0.6 is 0 Å². The number of pyridine rings is 2. The first-order valence-corrected chi connectivity index (χ1v) is 15.7. The maximum Gasteiger partial charge on any atom is 0.296 e. The number of rotatable bonds is 13. The van der Waals surface area contributed by atoms with E-state index in [2.05, 4.69) is 27.6 Å². The van der Waals surface area contributed by atoms with E-state index in [4.69, 9.17) is 13.9 Å². The molecule has 5 aromatic rings. The van der Waals surface area contributed by atoms with Gasteiger partial charge in [-0.2, -0.15) is 8.42 Å². The second kappa shape index (κ2) is 12.2. The van der Waals surface area contributed by atoms with E-state index in [1.807, 2.05) is 17.5 Å². The highest BCUT2D eigenvalue weighted by Gasteiger charge is 2.25. The van der Waals surface area contributed by atoms with E-state index in [9.17, 15) is 17.6 Å². The predicted molar refractivity (Wildman–Crippen MR) is 158 cm³/mol. The van der Waals surface area contributed by atoms with Gasteiger partial charge in [0.2, 0.25) is 0 Å². The number of aromatic nitrogens is 6. The first kappa shape index (κ1) is 29.6. The Morgan fingerprint density at radius 3 is 2.64 bits per heavy atom. The van der Waals surface area contributed by atoms with Gasteiger partial charge in [0.1, 0.15) is 11.3 Å². The lowest BCUT2D eigenvalue weighted by molar-refractivity contribution is 0.0977. The van der Waals surface area contributed by atoms with E-state index >= 15 is 0 Å². The highest BCUT2D eigenvalue weighted by atomic mass is 32.2. The van der Waals surface area contributed by atoms with Crippen LogP contribution in [0.1, 0.15) is 63.7 Å². The maximum atomic E-state index is 14.4. The topological polar surface area (TPSA) is 131 Å². The smallest absolute Gasteiger partial charge is 0.296 e. The molecule has 0 spiro atoms. The first-order valence-electron chi connectivity index (χ1n) is 14.3. The Morgan fingerprint density at radius 2 is 1.89 bits per heavy atom. The fourth-order valence-electron chi connectivity index (χ4n) is 5.01. The number of halogens is 1. The number of ketones is 1. The van der Waals surface area contributed by atoms with Crippen molar-refractivity contribution in [2.24, 2.45) is 0 Å². The van der Waals surface area contributed by atoms with Gasteiger partial charge in [-0.15, -0.1) is 5.10 Å². The number of hydrogen-bond acceptors (Lipinski definition) is 9. The Hall–Kier alpha value is -4.49. The van der Waals surface area contributed by atoms with Crippen LogP contribution in [0.2, 0.25) is 0 Å². The highest BCUT2D eigenvalue weighted by Crippen LogP contribution is 2.40. The number of aryl methyl sites for hydroxylation is 2. The van der Waals surface area contributed by atoms with Gasteiger partial charge < -0.3 is 9.14 Å². The van der Waals surface area contributed by atoms with Gasteiger partial charge in [0.15, 0.2) is 17.3 Å². The summed E-state index contributed by atoms with van der Waals surface area (Å²) in [6.07, 6.45) is 9.63. The number of imidazole rings is 1. The molecular weight excluding hydrogens is 587 g/mol. The Kier molecular flexibility index (Phi) is 8.23. The summed E-state index contributed by atoms with van der Waals surface area (Å²) < 4.78 is 53.6. The van der Waals surface area contributed by atoms with Crippen LogP contribution in [-0.4, -0.2) is 57.3 Å². The van der Waals surface area contributed by atoms with Crippen LogP contribution in [0.25, 0.3) is 5.65 Å². The lowest BCUT2D eigenvalue weighted by Crippen LogP contribution is -2.10. The minimum atomic E-state index is -3.88. The van der Waals surface area contributed by atoms with E-state index in [1.165, 1.54) is 41.8 Å². The second-order valence-corrected chi connectivity index (χ2v) is 12.5. The molecule has 6 rings (SSSR count). The Morgan fingerprint density at radius 1 is 1.09 bits per heavy atom. The predicted octanol–water partition coefficient (Wildman–Crippen LogP) is 4.47. The summed E-state index contributed by atoms with van der Waals surface area (Å²) in [5.74, 6) is -0.312. The van der Waals surface area contributed by atoms with Crippen molar-refractivity contribution in [2.45, 2.75) is 56.4 Å². The molecule has 1 aromatic carbocycles. The van der Waals surface area contributed by atoms with E-state index in [-0.39, 0.29) is 53.8 Å². The molecule has 0 saturated heterocycles. The molecule has 0 N–H and O–H groups in total. The standard InChI is InChI=1S/C31H31FN6O5S/c1-20-3-7-25(8-4-20)44(40,41)43-14-12-22-15-23(21-5-6-21)16-37-17-24(34-31(22)37)18-38-19-27(35-36-38)28(39)10-9-26-30(32)29(42-2)11-13-33-26/h3-4,7-8,11,13,15-17,19,21H,5-6,9-10,12,14,18H2,1-2H3. The van der Waals surface area contributed by atoms with E-state index in [0.717, 1.165) is 24.0 Å². The van der Waals surface area contributed by atoms with Crippen LogP contribution in [0.3, 0.4) is 0 Å². The average Bonchev–Trinajstić information content (AvgIpc) is 3.62. The summed E-state index contributed by atoms with van der Waals surface area (Å²) in [6, 6.07) is 10.1. The normalized spacial score (nSPS) is 13.4. The van der Waals surface area contributed by atoms with Crippen molar-refractivity contribution < 1.29 is 26.5 Å². The minimum absolute atomic E-state index is 0.0130. The van der Waals surface area contributed by atoms with Crippen molar-refractivity contribution >= 4 is 21.5 Å². The summed E-state index contributed by atoms with van der Waals surface area (Å²) in [5, 5.41) is 8.10. The van der Waals surface area contributed by atoms with E-state index < -0.39 is 15.9 Å². The Labute approximate surface area is 253 Å². The second-order valence-electron chi connectivity index (χ2n) is 10.9. The Bertz CT molecular complexity index is 1930. The summed E-state index contributed by atoms with van der Waals surface area (Å²) in [7, 11) is -2.51. The lowest BCUT2D eigenvalue weighted by Gasteiger charge is -2.09. The van der Waals surface area contributed by atoms with Crippen molar-refractivity contribution in [1.82, 2.24) is 29.4 Å². The number of Topliss-reactive ketones (excluding diaryl/α,β-unsaturated/α-hetero) is 1. The molecule has 0 radical (unpaired) electrons. The number of nitrogens with zero attached hydrogens (tertiary/aromatic N) is 6. The van der Waals surface area contributed by atoms with Crippen LogP contribution < -0.4 is 4.74 Å². The molecule has 0 aliphatic heterocycles. The average molecular weight is 619 g/mol. The van der Waals surface area contributed by atoms with Gasteiger partial charge in [0.25, 0.3) is 10.1 Å². The van der Waals surface area contributed by atoms with Crippen LogP contribution in [0, 0.1) is 12.7 Å². The third kappa shape index (κ3) is 6.53. The largest absolute Gasteiger partial charge is 0.494 e. The summed E-state index contributed by atoms with van der Waals surface area (Å²) >= 11 is 0. The molecule has 1 aliphatic carbocycles. The fourth-order valence-corrected chi connectivity index (χ4v) is 5.91. The highest BCUT2D eigenvalue weighted by molar-refractivity contribution is 7.86. The summed E-state index contributed by atoms with van der Waals surface area (Å²) in [5.41, 5.74) is 4.73. The van der Waals surface area contributed by atoms with Crippen molar-refractivity contribution in [3.63, 3.8) is 0 Å². The molecule has 4 aromatic heterocycles. The molecule has 11 nitrogen and oxygen atoms in total. The third-order valence-electron chi connectivity index (χ3n) is 7.55. The molecule has 44 heavy (non-hydrogen) atoms. The number of fused-ring (bicyclic) bond motifs is 1. The molecule has 13 heteroatoms. The number of carbonyl (C=O) groups is 1. The lowest BCUT2D eigenvalue weighted by atomic mass is 10.1. The fraction of sp³-hybridized carbons (Fsp3) is 0.323. The van der Waals surface area contributed by atoms with Crippen LogP contribution in [0.5, 0.6) is 5.75 Å². The van der Waals surface area contributed by atoms with Crippen molar-refractivity contribution in [2.75, 3.05) is 13.7 Å². The maximum absolute atomic E-state index is 14.4. The van der Waals surface area contributed by atoms with Crippen molar-refractivity contribution in [1.29, 1.82) is 0 Å². The molecule has 0 atom stereocenters. The molecule has 1 saturated carbocycles. The molecule has 0 bridgehead atoms. The SMILES string of the molecule is COc1ccnc(CCC(=O)c2cn(Cc3cn4cc(C5CC5)cc(CCOS(=O)(=O)c5ccc(C)cc5)c4n3)nn2)c1F. The molecule has 0 amide bonds.